The number of nitrogens with two attached hydrogens (primary N) is 2. The quantitative estimate of drug-likeness (QED) is 0.255. The van der Waals surface area contributed by atoms with E-state index in [1.165, 1.54) is 17.2 Å². The van der Waals surface area contributed by atoms with Crippen molar-refractivity contribution in [1.82, 2.24) is 19.5 Å². The Hall–Kier alpha value is -2.34. The largest absolute Gasteiger partial charge is 0.394 e. The van der Waals surface area contributed by atoms with Gasteiger partial charge in [0, 0.05) is 0 Å². The maximum atomic E-state index is 10.4. The van der Waals surface area contributed by atoms with Crippen LogP contribution in [-0.2, 0) is 10.5 Å². The van der Waals surface area contributed by atoms with E-state index >= 15 is 0 Å². The molecule has 2 aromatic heterocycles. The normalized spacial score (nSPS) is 31.7. The number of nitrogens with one attached hydrogen (secondary N) is 1. The van der Waals surface area contributed by atoms with Crippen LogP contribution >= 0.6 is 0 Å². The van der Waals surface area contributed by atoms with Gasteiger partial charge < -0.3 is 31.5 Å². The number of aliphatic hydroxyl groups excluding tert-OH is 3. The Bertz CT molecular complexity index is 734. The van der Waals surface area contributed by atoms with Gasteiger partial charge >= 0.3 is 0 Å². The van der Waals surface area contributed by atoms with Gasteiger partial charge in [-0.05, 0) is 0 Å². The second-order valence-electron chi connectivity index (χ2n) is 4.93. The molecule has 22 heavy (non-hydrogen) atoms. The number of ether oxygens (including phenoxy) is 1. The van der Waals surface area contributed by atoms with Gasteiger partial charge in [0.2, 0.25) is 5.72 Å². The van der Waals surface area contributed by atoms with Crippen molar-refractivity contribution >= 4 is 22.8 Å². The summed E-state index contributed by atoms with van der Waals surface area (Å²) in [5.74, 6) is -0.472. The van der Waals surface area contributed by atoms with Crippen LogP contribution in [0.2, 0.25) is 0 Å². The van der Waals surface area contributed by atoms with Gasteiger partial charge in [-0.3, -0.25) is 9.98 Å². The Kier molecular flexibility index (Phi) is 3.21. The lowest BCUT2D eigenvalue weighted by atomic mass is 10.0. The molecule has 0 bridgehead atoms. The first-order chi connectivity index (χ1) is 10.4. The first kappa shape index (κ1) is 14.6. The highest BCUT2D eigenvalue weighted by molar-refractivity contribution is 5.89. The maximum Gasteiger partial charge on any atom is 0.235 e. The Labute approximate surface area is 123 Å². The summed E-state index contributed by atoms with van der Waals surface area (Å²) >= 11 is 0. The number of aliphatic hydroxyl groups is 3. The molecule has 1 saturated heterocycles. The number of fused-ring (bicyclic) bond motifs is 1. The standard InChI is InChI=1S/C11H15N7O4/c12-8-5-9(16-2-15-8)18(3-17-5)11(10(13)14)7(21)6(20)4(1-19)22-11/h2-4,6-7,19-21H,1H2,(H3,13,14)(H2,12,15,16)/t4-,6-,7-,11+/m1/s1. The summed E-state index contributed by atoms with van der Waals surface area (Å²) in [6, 6.07) is 0. The molecule has 0 aliphatic carbocycles. The van der Waals surface area contributed by atoms with Gasteiger partial charge in [-0.1, -0.05) is 0 Å². The van der Waals surface area contributed by atoms with Gasteiger partial charge in [0.05, 0.1) is 6.61 Å². The molecule has 0 spiro atoms. The lowest BCUT2D eigenvalue weighted by molar-refractivity contribution is -0.0962. The van der Waals surface area contributed by atoms with Crippen LogP contribution in [0.5, 0.6) is 0 Å². The topological polar surface area (TPSA) is 189 Å². The van der Waals surface area contributed by atoms with Gasteiger partial charge in [0.15, 0.2) is 11.5 Å². The molecule has 3 rings (SSSR count). The third-order valence-corrected chi connectivity index (χ3v) is 3.72. The molecule has 11 nitrogen and oxygen atoms in total. The third kappa shape index (κ3) is 1.70. The van der Waals surface area contributed by atoms with E-state index in [0.29, 0.717) is 0 Å². The molecule has 0 saturated carbocycles. The Morgan fingerprint density at radius 1 is 1.41 bits per heavy atom. The van der Waals surface area contributed by atoms with E-state index in [1.807, 2.05) is 0 Å². The van der Waals surface area contributed by atoms with Crippen LogP contribution in [-0.4, -0.2) is 65.6 Å². The number of hydrogen-bond acceptors (Lipinski definition) is 9. The summed E-state index contributed by atoms with van der Waals surface area (Å²) in [6.45, 7) is -0.559. The number of anilines is 1. The highest BCUT2D eigenvalue weighted by Gasteiger charge is 2.58. The van der Waals surface area contributed by atoms with Crippen LogP contribution in [0.15, 0.2) is 12.7 Å². The number of nitrogens with zero attached hydrogens (tertiary/aromatic N) is 4. The molecule has 0 aromatic carbocycles. The van der Waals surface area contributed by atoms with Crippen molar-refractivity contribution in [2.24, 2.45) is 5.73 Å². The molecule has 0 radical (unpaired) electrons. The molecular formula is C11H15N7O4. The second kappa shape index (κ2) is 4.84. The van der Waals surface area contributed by atoms with Gasteiger partial charge in [-0.15, -0.1) is 0 Å². The summed E-state index contributed by atoms with van der Waals surface area (Å²) < 4.78 is 6.70. The van der Waals surface area contributed by atoms with Crippen LogP contribution in [0.3, 0.4) is 0 Å². The minimum Gasteiger partial charge on any atom is -0.394 e. The summed E-state index contributed by atoms with van der Waals surface area (Å²) in [4.78, 5) is 11.8. The van der Waals surface area contributed by atoms with Crippen molar-refractivity contribution < 1.29 is 20.1 Å². The van der Waals surface area contributed by atoms with Crippen molar-refractivity contribution in [3.05, 3.63) is 12.7 Å². The van der Waals surface area contributed by atoms with E-state index < -0.39 is 36.5 Å². The second-order valence-corrected chi connectivity index (χ2v) is 4.93. The van der Waals surface area contributed by atoms with E-state index in [2.05, 4.69) is 15.0 Å². The lowest BCUT2D eigenvalue weighted by Crippen LogP contribution is -2.54. The fourth-order valence-electron chi connectivity index (χ4n) is 2.60. The van der Waals surface area contributed by atoms with Crippen LogP contribution in [0, 0.1) is 5.41 Å². The SMILES string of the molecule is N=C(N)[C@@]1(n2cnc3c(N)ncnc32)O[C@H](CO)[C@@H](O)[C@H]1O. The van der Waals surface area contributed by atoms with Crippen LogP contribution < -0.4 is 11.5 Å². The molecule has 3 heterocycles. The Morgan fingerprint density at radius 3 is 2.73 bits per heavy atom. The number of aromatic nitrogens is 4. The Morgan fingerprint density at radius 2 is 2.14 bits per heavy atom. The molecule has 118 valence electrons. The fourth-order valence-corrected chi connectivity index (χ4v) is 2.60. The van der Waals surface area contributed by atoms with E-state index in [0.717, 1.165) is 0 Å². The van der Waals surface area contributed by atoms with Crippen LogP contribution in [0.1, 0.15) is 0 Å². The zero-order valence-corrected chi connectivity index (χ0v) is 11.3. The van der Waals surface area contributed by atoms with Crippen LogP contribution in [0.4, 0.5) is 5.82 Å². The molecular weight excluding hydrogens is 294 g/mol. The first-order valence-electron chi connectivity index (χ1n) is 6.36. The van der Waals surface area contributed by atoms with Gasteiger partial charge in [-0.2, -0.15) is 0 Å². The molecule has 4 atom stereocenters. The molecule has 11 heteroatoms. The highest BCUT2D eigenvalue weighted by atomic mass is 16.6. The number of rotatable bonds is 3. The highest BCUT2D eigenvalue weighted by Crippen LogP contribution is 2.37. The van der Waals surface area contributed by atoms with Crippen molar-refractivity contribution in [2.45, 2.75) is 24.0 Å². The third-order valence-electron chi connectivity index (χ3n) is 3.72. The average molecular weight is 309 g/mol. The van der Waals surface area contributed by atoms with Crippen LogP contribution in [0.25, 0.3) is 11.2 Å². The molecule has 1 aliphatic rings. The van der Waals surface area contributed by atoms with E-state index in [4.69, 9.17) is 21.6 Å². The molecule has 8 N–H and O–H groups in total. The van der Waals surface area contributed by atoms with Crippen molar-refractivity contribution in [1.29, 1.82) is 5.41 Å². The van der Waals surface area contributed by atoms with Gasteiger partial charge in [-0.25, -0.2) is 15.0 Å². The number of nitrogen functional groups attached to an aromatic ring is 1. The predicted octanol–water partition coefficient (Wildman–Crippen LogP) is -2.89. The average Bonchev–Trinajstić information content (AvgIpc) is 3.02. The van der Waals surface area contributed by atoms with Crippen molar-refractivity contribution in [2.75, 3.05) is 12.3 Å². The zero-order valence-electron chi connectivity index (χ0n) is 11.3. The van der Waals surface area contributed by atoms with E-state index in [9.17, 15) is 15.3 Å². The van der Waals surface area contributed by atoms with Gasteiger partial charge in [0.1, 0.15) is 42.3 Å². The van der Waals surface area contributed by atoms with Crippen molar-refractivity contribution in [3.8, 4) is 0 Å². The molecule has 2 aromatic rings. The summed E-state index contributed by atoms with van der Waals surface area (Å²) in [7, 11) is 0. The minimum atomic E-state index is -1.94. The van der Waals surface area contributed by atoms with Crippen molar-refractivity contribution in [3.63, 3.8) is 0 Å². The summed E-state index contributed by atoms with van der Waals surface area (Å²) in [5, 5.41) is 37.4. The summed E-state index contributed by atoms with van der Waals surface area (Å²) in [5.41, 5.74) is 9.77. The van der Waals surface area contributed by atoms with E-state index in [-0.39, 0.29) is 17.0 Å². The lowest BCUT2D eigenvalue weighted by Gasteiger charge is -2.32. The number of amidine groups is 1. The monoisotopic (exact) mass is 309 g/mol. The summed E-state index contributed by atoms with van der Waals surface area (Å²) in [6.07, 6.45) is -1.74. The Balaban J connectivity index is 2.24. The fraction of sp³-hybridized carbons (Fsp3) is 0.455. The smallest absolute Gasteiger partial charge is 0.235 e. The zero-order chi connectivity index (χ0) is 16.1. The minimum absolute atomic E-state index is 0.106. The molecule has 0 amide bonds. The number of hydrogen-bond donors (Lipinski definition) is 6. The number of imidazole rings is 1. The maximum absolute atomic E-state index is 10.4. The first-order valence-corrected chi connectivity index (χ1v) is 6.36. The molecule has 1 aliphatic heterocycles. The predicted molar refractivity (Wildman–Crippen MR) is 73.6 cm³/mol. The van der Waals surface area contributed by atoms with Gasteiger partial charge in [0.25, 0.3) is 0 Å². The molecule has 1 fully saturated rings. The van der Waals surface area contributed by atoms with E-state index in [1.54, 1.807) is 0 Å². The molecule has 0 unspecified atom stereocenters.